The molecule has 1 aromatic heterocycles. The second-order valence-electron chi connectivity index (χ2n) is 4.99. The molecule has 0 aromatic carbocycles. The van der Waals surface area contributed by atoms with Crippen molar-refractivity contribution in [1.82, 2.24) is 10.2 Å². The van der Waals surface area contributed by atoms with E-state index in [9.17, 15) is 9.59 Å². The number of carbonyl (C=O) groups excluding carboxylic acids is 2. The minimum Gasteiger partial charge on any atom is -0.351 e. The molecule has 1 unspecified atom stereocenters. The van der Waals surface area contributed by atoms with E-state index in [0.717, 1.165) is 25.8 Å². The van der Waals surface area contributed by atoms with Crippen LogP contribution in [0.4, 0.5) is 0 Å². The molecule has 2 rings (SSSR count). The predicted octanol–water partition coefficient (Wildman–Crippen LogP) is 1.63. The fourth-order valence-corrected chi connectivity index (χ4v) is 3.13. The maximum absolute atomic E-state index is 12.2. The van der Waals surface area contributed by atoms with Gasteiger partial charge in [-0.1, -0.05) is 0 Å². The first kappa shape index (κ1) is 17.9. The Kier molecular flexibility index (Phi) is 7.71. The maximum atomic E-state index is 12.2. The van der Waals surface area contributed by atoms with Gasteiger partial charge in [-0.3, -0.25) is 9.59 Å². The molecule has 7 heteroatoms. The summed E-state index contributed by atoms with van der Waals surface area (Å²) in [6.45, 7) is 1.69. The third kappa shape index (κ3) is 4.98. The number of thiophene rings is 1. The summed E-state index contributed by atoms with van der Waals surface area (Å²) in [6.07, 6.45) is 3.51. The number of nitrogens with one attached hydrogen (secondary N) is 1. The Morgan fingerprint density at radius 2 is 2.24 bits per heavy atom. The van der Waals surface area contributed by atoms with Crippen molar-refractivity contribution in [3.05, 3.63) is 22.4 Å². The summed E-state index contributed by atoms with van der Waals surface area (Å²) in [5.74, 6) is -0.0289. The zero-order chi connectivity index (χ0) is 14.4. The molecule has 1 fully saturated rings. The van der Waals surface area contributed by atoms with Gasteiger partial charge in [0.2, 0.25) is 5.91 Å². The highest BCUT2D eigenvalue weighted by molar-refractivity contribution is 7.08. The van der Waals surface area contributed by atoms with E-state index < -0.39 is 0 Å². The van der Waals surface area contributed by atoms with Gasteiger partial charge in [0.1, 0.15) is 0 Å². The average molecular weight is 332 g/mol. The molecule has 21 heavy (non-hydrogen) atoms. The highest BCUT2D eigenvalue weighted by atomic mass is 35.5. The molecule has 3 N–H and O–H groups in total. The first-order chi connectivity index (χ1) is 9.72. The number of likely N-dealkylation sites (tertiary alicyclic amines) is 1. The molecule has 0 radical (unpaired) electrons. The summed E-state index contributed by atoms with van der Waals surface area (Å²) in [5, 5.41) is 6.44. The van der Waals surface area contributed by atoms with Crippen LogP contribution in [0, 0.1) is 0 Å². The van der Waals surface area contributed by atoms with Crippen LogP contribution >= 0.6 is 23.7 Å². The maximum Gasteiger partial charge on any atom is 0.252 e. The highest BCUT2D eigenvalue weighted by Crippen LogP contribution is 2.16. The van der Waals surface area contributed by atoms with Crippen molar-refractivity contribution in [3.63, 3.8) is 0 Å². The Bertz CT molecular complexity index is 453. The molecule has 1 atom stereocenters. The van der Waals surface area contributed by atoms with Gasteiger partial charge in [0, 0.05) is 43.0 Å². The van der Waals surface area contributed by atoms with Crippen LogP contribution in [-0.2, 0) is 4.79 Å². The van der Waals surface area contributed by atoms with E-state index in [0.29, 0.717) is 25.1 Å². The SMILES string of the molecule is Cl.NCC1CCCCN1C(=O)CCNC(=O)c1ccsc1. The van der Waals surface area contributed by atoms with Crippen molar-refractivity contribution in [2.75, 3.05) is 19.6 Å². The first-order valence-electron chi connectivity index (χ1n) is 7.02. The van der Waals surface area contributed by atoms with Crippen LogP contribution in [0.2, 0.25) is 0 Å². The van der Waals surface area contributed by atoms with E-state index in [4.69, 9.17) is 5.73 Å². The number of amides is 2. The Hall–Kier alpha value is -1.11. The number of carbonyl (C=O) groups is 2. The Morgan fingerprint density at radius 3 is 2.90 bits per heavy atom. The number of piperidine rings is 1. The lowest BCUT2D eigenvalue weighted by Gasteiger charge is -2.35. The minimum atomic E-state index is -0.118. The van der Waals surface area contributed by atoms with Crippen LogP contribution < -0.4 is 11.1 Å². The first-order valence-corrected chi connectivity index (χ1v) is 7.96. The number of nitrogens with zero attached hydrogens (tertiary/aromatic N) is 1. The molecule has 2 heterocycles. The van der Waals surface area contributed by atoms with Gasteiger partial charge >= 0.3 is 0 Å². The second kappa shape index (κ2) is 9.02. The largest absolute Gasteiger partial charge is 0.351 e. The number of nitrogens with two attached hydrogens (primary N) is 1. The number of rotatable bonds is 5. The van der Waals surface area contributed by atoms with Gasteiger partial charge in [-0.25, -0.2) is 0 Å². The van der Waals surface area contributed by atoms with Crippen molar-refractivity contribution >= 4 is 35.6 Å². The van der Waals surface area contributed by atoms with E-state index in [-0.39, 0.29) is 30.3 Å². The zero-order valence-corrected chi connectivity index (χ0v) is 13.5. The van der Waals surface area contributed by atoms with E-state index in [1.807, 2.05) is 10.3 Å². The summed E-state index contributed by atoms with van der Waals surface area (Å²) in [7, 11) is 0. The molecule has 1 aliphatic heterocycles. The summed E-state index contributed by atoms with van der Waals surface area (Å²) >= 11 is 1.48. The monoisotopic (exact) mass is 331 g/mol. The van der Waals surface area contributed by atoms with E-state index in [2.05, 4.69) is 5.32 Å². The van der Waals surface area contributed by atoms with E-state index in [1.54, 1.807) is 11.4 Å². The Morgan fingerprint density at radius 1 is 1.43 bits per heavy atom. The number of hydrogen-bond donors (Lipinski definition) is 2. The molecule has 0 aliphatic carbocycles. The molecule has 0 bridgehead atoms. The molecule has 118 valence electrons. The summed E-state index contributed by atoms with van der Waals surface area (Å²) in [4.78, 5) is 25.8. The van der Waals surface area contributed by atoms with Crippen LogP contribution in [0.3, 0.4) is 0 Å². The normalized spacial score (nSPS) is 18.0. The van der Waals surface area contributed by atoms with Crippen LogP contribution in [0.15, 0.2) is 16.8 Å². The van der Waals surface area contributed by atoms with Crippen LogP contribution in [-0.4, -0.2) is 42.4 Å². The summed E-state index contributed by atoms with van der Waals surface area (Å²) in [6, 6.07) is 1.94. The molecular formula is C14H22ClN3O2S. The smallest absolute Gasteiger partial charge is 0.252 e. The lowest BCUT2D eigenvalue weighted by atomic mass is 10.0. The molecule has 0 spiro atoms. The second-order valence-corrected chi connectivity index (χ2v) is 5.77. The minimum absolute atomic E-state index is 0. The van der Waals surface area contributed by atoms with Crippen molar-refractivity contribution in [2.24, 2.45) is 5.73 Å². The van der Waals surface area contributed by atoms with Crippen molar-refractivity contribution < 1.29 is 9.59 Å². The van der Waals surface area contributed by atoms with Crippen LogP contribution in [0.5, 0.6) is 0 Å². The summed E-state index contributed by atoms with van der Waals surface area (Å²) < 4.78 is 0. The lowest BCUT2D eigenvalue weighted by Crippen LogP contribution is -2.48. The van der Waals surface area contributed by atoms with Crippen molar-refractivity contribution in [2.45, 2.75) is 31.7 Å². The molecule has 1 aliphatic rings. The molecule has 2 amide bonds. The third-order valence-corrected chi connectivity index (χ3v) is 4.31. The quantitative estimate of drug-likeness (QED) is 0.861. The van der Waals surface area contributed by atoms with Gasteiger partial charge in [-0.15, -0.1) is 12.4 Å². The standard InChI is InChI=1S/C14H21N3O2S.ClH/c15-9-12-3-1-2-7-17(12)13(18)4-6-16-14(19)11-5-8-20-10-11;/h5,8,10,12H,1-4,6-7,9,15H2,(H,16,19);1H. The Labute approximate surface area is 135 Å². The van der Waals surface area contributed by atoms with Gasteiger partial charge in [-0.2, -0.15) is 11.3 Å². The summed E-state index contributed by atoms with van der Waals surface area (Å²) in [5.41, 5.74) is 6.36. The fourth-order valence-electron chi connectivity index (χ4n) is 2.50. The van der Waals surface area contributed by atoms with Crippen molar-refractivity contribution in [3.8, 4) is 0 Å². The number of halogens is 1. The predicted molar refractivity (Wildman–Crippen MR) is 86.9 cm³/mol. The lowest BCUT2D eigenvalue weighted by molar-refractivity contribution is -0.134. The van der Waals surface area contributed by atoms with Gasteiger partial charge in [0.05, 0.1) is 0 Å². The topological polar surface area (TPSA) is 75.4 Å². The molecule has 0 saturated carbocycles. The Balaban J connectivity index is 0.00000220. The molecule has 1 saturated heterocycles. The van der Waals surface area contributed by atoms with Gasteiger partial charge in [0.15, 0.2) is 0 Å². The van der Waals surface area contributed by atoms with Gasteiger partial charge in [-0.05, 0) is 30.7 Å². The molecular weight excluding hydrogens is 310 g/mol. The van der Waals surface area contributed by atoms with Crippen LogP contribution in [0.1, 0.15) is 36.0 Å². The molecule has 1 aromatic rings. The number of hydrogen-bond acceptors (Lipinski definition) is 4. The average Bonchev–Trinajstić information content (AvgIpc) is 3.01. The van der Waals surface area contributed by atoms with Gasteiger partial charge < -0.3 is 16.0 Å². The molecule has 5 nitrogen and oxygen atoms in total. The van der Waals surface area contributed by atoms with Gasteiger partial charge in [0.25, 0.3) is 5.91 Å². The zero-order valence-electron chi connectivity index (χ0n) is 11.9. The van der Waals surface area contributed by atoms with Crippen LogP contribution in [0.25, 0.3) is 0 Å². The van der Waals surface area contributed by atoms with Crippen molar-refractivity contribution in [1.29, 1.82) is 0 Å². The van der Waals surface area contributed by atoms with E-state index >= 15 is 0 Å². The third-order valence-electron chi connectivity index (χ3n) is 3.63. The highest BCUT2D eigenvalue weighted by Gasteiger charge is 2.25. The van der Waals surface area contributed by atoms with E-state index in [1.165, 1.54) is 11.3 Å². The fraction of sp³-hybridized carbons (Fsp3) is 0.571.